The van der Waals surface area contributed by atoms with Crippen LogP contribution >= 0.6 is 0 Å². The number of alkyl halides is 3. The maximum atomic E-state index is 12.2. The number of rotatable bonds is 3. The lowest BCUT2D eigenvalue weighted by Gasteiger charge is -2.33. The molecular formula is C9H16F3N3O. The molecular weight excluding hydrogens is 223 g/mol. The average Bonchev–Trinajstić information content (AvgIpc) is 2.24. The number of hydrogen-bond donors (Lipinski definition) is 2. The van der Waals surface area contributed by atoms with E-state index in [4.69, 9.17) is 5.73 Å². The molecule has 0 aromatic rings. The predicted octanol–water partition coefficient (Wildman–Crippen LogP) is 0.0880. The van der Waals surface area contributed by atoms with Crippen LogP contribution in [0, 0.1) is 0 Å². The number of nitrogens with one attached hydrogen (secondary N) is 1. The van der Waals surface area contributed by atoms with Crippen molar-refractivity contribution in [2.24, 2.45) is 5.73 Å². The molecule has 0 bridgehead atoms. The summed E-state index contributed by atoms with van der Waals surface area (Å²) in [5.41, 5.74) is 5.29. The van der Waals surface area contributed by atoms with E-state index in [-0.39, 0.29) is 19.1 Å². The van der Waals surface area contributed by atoms with Crippen molar-refractivity contribution in [3.63, 3.8) is 0 Å². The van der Waals surface area contributed by atoms with E-state index in [9.17, 15) is 18.0 Å². The van der Waals surface area contributed by atoms with Gasteiger partial charge in [0.2, 0.25) is 0 Å². The number of amides is 1. The summed E-state index contributed by atoms with van der Waals surface area (Å²) in [6, 6.07) is -0.0800. The van der Waals surface area contributed by atoms with E-state index < -0.39 is 12.1 Å². The fraction of sp³-hybridized carbons (Fsp3) is 0.889. The van der Waals surface area contributed by atoms with Crippen LogP contribution in [-0.2, 0) is 4.79 Å². The molecule has 1 saturated heterocycles. The lowest BCUT2D eigenvalue weighted by Crippen LogP contribution is -2.52. The van der Waals surface area contributed by atoms with Crippen molar-refractivity contribution in [1.82, 2.24) is 10.2 Å². The molecule has 0 aromatic carbocycles. The van der Waals surface area contributed by atoms with Crippen molar-refractivity contribution < 1.29 is 18.0 Å². The van der Waals surface area contributed by atoms with Gasteiger partial charge in [-0.05, 0) is 12.8 Å². The monoisotopic (exact) mass is 239 g/mol. The Bertz CT molecular complexity index is 245. The average molecular weight is 239 g/mol. The Balaban J connectivity index is 2.47. The fourth-order valence-corrected chi connectivity index (χ4v) is 1.79. The Morgan fingerprint density at radius 1 is 1.50 bits per heavy atom. The van der Waals surface area contributed by atoms with Gasteiger partial charge in [-0.25, -0.2) is 0 Å². The molecule has 1 rings (SSSR count). The summed E-state index contributed by atoms with van der Waals surface area (Å²) < 4.78 is 36.5. The van der Waals surface area contributed by atoms with E-state index >= 15 is 0 Å². The molecule has 0 aliphatic carbocycles. The minimum absolute atomic E-state index is 0.0800. The fourth-order valence-electron chi connectivity index (χ4n) is 1.79. The summed E-state index contributed by atoms with van der Waals surface area (Å²) >= 11 is 0. The van der Waals surface area contributed by atoms with Crippen LogP contribution in [0.4, 0.5) is 13.2 Å². The molecule has 0 radical (unpaired) electrons. The Labute approximate surface area is 92.0 Å². The number of hydrogen-bond acceptors (Lipinski definition) is 3. The maximum Gasteiger partial charge on any atom is 0.471 e. The normalized spacial score (nSPS) is 22.2. The van der Waals surface area contributed by atoms with Crippen molar-refractivity contribution in [2.45, 2.75) is 25.1 Å². The SMILES string of the molecule is NCCNC1CCCN(C(=O)C(F)(F)F)C1. The highest BCUT2D eigenvalue weighted by Gasteiger charge is 2.43. The number of carbonyl (C=O) groups is 1. The molecule has 0 saturated carbocycles. The largest absolute Gasteiger partial charge is 0.471 e. The van der Waals surface area contributed by atoms with Crippen molar-refractivity contribution in [2.75, 3.05) is 26.2 Å². The molecule has 1 aliphatic heterocycles. The number of nitrogens with zero attached hydrogens (tertiary/aromatic N) is 1. The molecule has 1 fully saturated rings. The van der Waals surface area contributed by atoms with Crippen LogP contribution in [-0.4, -0.2) is 49.2 Å². The van der Waals surface area contributed by atoms with Gasteiger partial charge in [0.25, 0.3) is 0 Å². The van der Waals surface area contributed by atoms with Gasteiger partial charge >= 0.3 is 12.1 Å². The Morgan fingerprint density at radius 2 is 2.19 bits per heavy atom. The van der Waals surface area contributed by atoms with Gasteiger partial charge in [0.15, 0.2) is 0 Å². The maximum absolute atomic E-state index is 12.2. The topological polar surface area (TPSA) is 58.4 Å². The van der Waals surface area contributed by atoms with Gasteiger partial charge in [0, 0.05) is 32.2 Å². The summed E-state index contributed by atoms with van der Waals surface area (Å²) in [5.74, 6) is -1.74. The molecule has 1 atom stereocenters. The number of halogens is 3. The Morgan fingerprint density at radius 3 is 2.75 bits per heavy atom. The van der Waals surface area contributed by atoms with E-state index in [0.29, 0.717) is 19.5 Å². The third kappa shape index (κ3) is 3.64. The summed E-state index contributed by atoms with van der Waals surface area (Å²) in [6.07, 6.45) is -3.40. The zero-order valence-corrected chi connectivity index (χ0v) is 8.89. The highest BCUT2D eigenvalue weighted by molar-refractivity contribution is 5.82. The van der Waals surface area contributed by atoms with Gasteiger partial charge in [0.05, 0.1) is 0 Å². The van der Waals surface area contributed by atoms with Crippen molar-refractivity contribution in [1.29, 1.82) is 0 Å². The zero-order chi connectivity index (χ0) is 12.2. The van der Waals surface area contributed by atoms with Gasteiger partial charge in [-0.1, -0.05) is 0 Å². The van der Waals surface area contributed by atoms with E-state index in [1.54, 1.807) is 0 Å². The van der Waals surface area contributed by atoms with Gasteiger partial charge in [0.1, 0.15) is 0 Å². The third-order valence-corrected chi connectivity index (χ3v) is 2.53. The minimum Gasteiger partial charge on any atom is -0.333 e. The van der Waals surface area contributed by atoms with Crippen LogP contribution in [0.15, 0.2) is 0 Å². The van der Waals surface area contributed by atoms with Crippen LogP contribution in [0.25, 0.3) is 0 Å². The number of carbonyl (C=O) groups excluding carboxylic acids is 1. The first-order chi connectivity index (χ1) is 7.45. The summed E-state index contributed by atoms with van der Waals surface area (Å²) in [5, 5.41) is 3.02. The molecule has 1 amide bonds. The standard InChI is InChI=1S/C9H16F3N3O/c10-9(11,12)8(16)15-5-1-2-7(6-15)14-4-3-13/h7,14H,1-6,13H2. The third-order valence-electron chi connectivity index (χ3n) is 2.53. The molecule has 16 heavy (non-hydrogen) atoms. The lowest BCUT2D eigenvalue weighted by molar-refractivity contribution is -0.186. The van der Waals surface area contributed by atoms with Crippen molar-refractivity contribution in [3.05, 3.63) is 0 Å². The summed E-state index contributed by atoms with van der Waals surface area (Å²) in [6.45, 7) is 1.28. The lowest BCUT2D eigenvalue weighted by atomic mass is 10.1. The van der Waals surface area contributed by atoms with Crippen molar-refractivity contribution in [3.8, 4) is 0 Å². The first kappa shape index (κ1) is 13.2. The minimum atomic E-state index is -4.77. The Kier molecular flexibility index (Phi) is 4.55. The van der Waals surface area contributed by atoms with Gasteiger partial charge < -0.3 is 16.0 Å². The second kappa shape index (κ2) is 5.49. The summed E-state index contributed by atoms with van der Waals surface area (Å²) in [7, 11) is 0. The van der Waals surface area contributed by atoms with Gasteiger partial charge in [-0.3, -0.25) is 4.79 Å². The highest BCUT2D eigenvalue weighted by Crippen LogP contribution is 2.21. The second-order valence-electron chi connectivity index (χ2n) is 3.83. The molecule has 7 heteroatoms. The molecule has 0 aromatic heterocycles. The zero-order valence-electron chi connectivity index (χ0n) is 8.89. The van der Waals surface area contributed by atoms with Crippen LogP contribution < -0.4 is 11.1 Å². The highest BCUT2D eigenvalue weighted by atomic mass is 19.4. The second-order valence-corrected chi connectivity index (χ2v) is 3.83. The van der Waals surface area contributed by atoms with Crippen LogP contribution in [0.5, 0.6) is 0 Å². The molecule has 1 heterocycles. The number of nitrogens with two attached hydrogens (primary N) is 1. The number of likely N-dealkylation sites (tertiary alicyclic amines) is 1. The molecule has 1 unspecified atom stereocenters. The first-order valence-electron chi connectivity index (χ1n) is 5.24. The quantitative estimate of drug-likeness (QED) is 0.733. The van der Waals surface area contributed by atoms with Crippen molar-refractivity contribution >= 4 is 5.91 Å². The Hall–Kier alpha value is -0.820. The molecule has 3 N–H and O–H groups in total. The van der Waals surface area contributed by atoms with Crippen LogP contribution in [0.2, 0.25) is 0 Å². The van der Waals surface area contributed by atoms with Crippen LogP contribution in [0.1, 0.15) is 12.8 Å². The first-order valence-corrected chi connectivity index (χ1v) is 5.24. The molecule has 94 valence electrons. The van der Waals surface area contributed by atoms with E-state index in [1.165, 1.54) is 0 Å². The molecule has 4 nitrogen and oxygen atoms in total. The number of piperidine rings is 1. The van der Waals surface area contributed by atoms with Gasteiger partial charge in [-0.2, -0.15) is 13.2 Å². The molecule has 1 aliphatic rings. The van der Waals surface area contributed by atoms with E-state index in [1.807, 2.05) is 0 Å². The summed E-state index contributed by atoms with van der Waals surface area (Å²) in [4.78, 5) is 11.8. The smallest absolute Gasteiger partial charge is 0.333 e. The predicted molar refractivity (Wildman–Crippen MR) is 52.7 cm³/mol. The van der Waals surface area contributed by atoms with Gasteiger partial charge in [-0.15, -0.1) is 0 Å². The van der Waals surface area contributed by atoms with Crippen LogP contribution in [0.3, 0.4) is 0 Å². The van der Waals surface area contributed by atoms with E-state index in [0.717, 1.165) is 11.3 Å². The molecule has 0 spiro atoms. The van der Waals surface area contributed by atoms with E-state index in [2.05, 4.69) is 5.32 Å².